The van der Waals surface area contributed by atoms with E-state index in [2.05, 4.69) is 38.0 Å². The van der Waals surface area contributed by atoms with Crippen LogP contribution in [-0.2, 0) is 0 Å². The first kappa shape index (κ1) is 17.3. The van der Waals surface area contributed by atoms with Crippen molar-refractivity contribution in [1.29, 1.82) is 0 Å². The van der Waals surface area contributed by atoms with E-state index in [1.165, 1.54) is 38.5 Å². The Bertz CT molecular complexity index is 268. The van der Waals surface area contributed by atoms with E-state index in [1.807, 2.05) is 0 Å². The lowest BCUT2D eigenvalue weighted by Crippen LogP contribution is -2.46. The standard InChI is InChI=1S/C16H34N4/c1-13(2)9-11-20(12-10-14(3)4)16(19-17)18-15-7-5-6-8-15/h13-15H,5-12,17H2,1-4H3,(H,18,19). The predicted molar refractivity (Wildman–Crippen MR) is 87.5 cm³/mol. The Kier molecular flexibility index (Phi) is 7.97. The van der Waals surface area contributed by atoms with Crippen molar-refractivity contribution in [3.63, 3.8) is 0 Å². The predicted octanol–water partition coefficient (Wildman–Crippen LogP) is 3.14. The first-order chi connectivity index (χ1) is 9.52. The largest absolute Gasteiger partial charge is 0.342 e. The minimum Gasteiger partial charge on any atom is -0.342 e. The quantitative estimate of drug-likeness (QED) is 0.326. The van der Waals surface area contributed by atoms with Crippen molar-refractivity contribution in [2.75, 3.05) is 13.1 Å². The van der Waals surface area contributed by atoms with Crippen LogP contribution in [-0.4, -0.2) is 30.0 Å². The minimum atomic E-state index is 0.474. The normalized spacial score (nSPS) is 17.2. The third-order valence-electron chi connectivity index (χ3n) is 4.01. The van der Waals surface area contributed by atoms with Gasteiger partial charge in [0.25, 0.3) is 0 Å². The summed E-state index contributed by atoms with van der Waals surface area (Å²) < 4.78 is 0. The summed E-state index contributed by atoms with van der Waals surface area (Å²) in [6.45, 7) is 11.2. The maximum absolute atomic E-state index is 5.74. The van der Waals surface area contributed by atoms with Crippen molar-refractivity contribution in [3.05, 3.63) is 0 Å². The Morgan fingerprint density at radius 2 is 1.60 bits per heavy atom. The first-order valence-corrected chi connectivity index (χ1v) is 8.32. The van der Waals surface area contributed by atoms with E-state index >= 15 is 0 Å². The molecule has 1 aliphatic rings. The van der Waals surface area contributed by atoms with Gasteiger partial charge >= 0.3 is 0 Å². The summed E-state index contributed by atoms with van der Waals surface area (Å²) in [5.41, 5.74) is 2.85. The number of hydrazine groups is 1. The molecule has 3 N–H and O–H groups in total. The molecule has 1 aliphatic carbocycles. The molecule has 4 nitrogen and oxygen atoms in total. The summed E-state index contributed by atoms with van der Waals surface area (Å²) >= 11 is 0. The molecule has 0 aromatic rings. The molecule has 0 radical (unpaired) electrons. The summed E-state index contributed by atoms with van der Waals surface area (Å²) in [6, 6.07) is 0.474. The Morgan fingerprint density at radius 3 is 2.00 bits per heavy atom. The van der Waals surface area contributed by atoms with Crippen LogP contribution < -0.4 is 11.3 Å². The highest BCUT2D eigenvalue weighted by molar-refractivity contribution is 5.79. The summed E-state index contributed by atoms with van der Waals surface area (Å²) in [4.78, 5) is 7.20. The molecule has 20 heavy (non-hydrogen) atoms. The Hall–Kier alpha value is -0.770. The zero-order valence-electron chi connectivity index (χ0n) is 13.9. The molecule has 0 aromatic carbocycles. The van der Waals surface area contributed by atoms with Crippen molar-refractivity contribution in [2.45, 2.75) is 72.3 Å². The van der Waals surface area contributed by atoms with Crippen LogP contribution >= 0.6 is 0 Å². The van der Waals surface area contributed by atoms with Crippen molar-refractivity contribution in [1.82, 2.24) is 10.3 Å². The minimum absolute atomic E-state index is 0.474. The topological polar surface area (TPSA) is 53.6 Å². The van der Waals surface area contributed by atoms with Crippen molar-refractivity contribution in [3.8, 4) is 0 Å². The van der Waals surface area contributed by atoms with Crippen LogP contribution in [0.2, 0.25) is 0 Å². The van der Waals surface area contributed by atoms with Gasteiger partial charge in [-0.2, -0.15) is 0 Å². The van der Waals surface area contributed by atoms with E-state index < -0.39 is 0 Å². The van der Waals surface area contributed by atoms with Gasteiger partial charge in [0.15, 0.2) is 0 Å². The molecule has 0 atom stereocenters. The third kappa shape index (κ3) is 6.60. The molecule has 1 saturated carbocycles. The molecular formula is C16H34N4. The second-order valence-corrected chi connectivity index (χ2v) is 6.89. The van der Waals surface area contributed by atoms with Crippen LogP contribution in [0.1, 0.15) is 66.2 Å². The lowest BCUT2D eigenvalue weighted by atomic mass is 10.1. The fourth-order valence-electron chi connectivity index (χ4n) is 2.57. The van der Waals surface area contributed by atoms with E-state index in [0.29, 0.717) is 17.9 Å². The van der Waals surface area contributed by atoms with E-state index in [0.717, 1.165) is 19.0 Å². The maximum Gasteiger partial charge on any atom is 0.208 e. The molecule has 1 fully saturated rings. The van der Waals surface area contributed by atoms with E-state index in [9.17, 15) is 0 Å². The van der Waals surface area contributed by atoms with Gasteiger partial charge in [0.05, 0.1) is 6.04 Å². The second-order valence-electron chi connectivity index (χ2n) is 6.89. The van der Waals surface area contributed by atoms with Crippen LogP contribution in [0.25, 0.3) is 0 Å². The molecular weight excluding hydrogens is 248 g/mol. The molecule has 118 valence electrons. The summed E-state index contributed by atoms with van der Waals surface area (Å²) in [6.07, 6.45) is 7.42. The zero-order valence-corrected chi connectivity index (χ0v) is 13.9. The van der Waals surface area contributed by atoms with Gasteiger partial charge in [-0.3, -0.25) is 5.43 Å². The van der Waals surface area contributed by atoms with Gasteiger partial charge in [-0.05, 0) is 37.5 Å². The van der Waals surface area contributed by atoms with Crippen molar-refractivity contribution < 1.29 is 0 Å². The fraction of sp³-hybridized carbons (Fsp3) is 0.938. The highest BCUT2D eigenvalue weighted by Crippen LogP contribution is 2.21. The molecule has 0 aliphatic heterocycles. The Labute approximate surface area is 125 Å². The maximum atomic E-state index is 5.74. The molecule has 0 heterocycles. The monoisotopic (exact) mass is 282 g/mol. The number of hydrogen-bond donors (Lipinski definition) is 2. The number of nitrogens with zero attached hydrogens (tertiary/aromatic N) is 2. The van der Waals surface area contributed by atoms with Crippen molar-refractivity contribution in [2.24, 2.45) is 22.7 Å². The number of guanidine groups is 1. The molecule has 0 unspecified atom stereocenters. The smallest absolute Gasteiger partial charge is 0.208 e. The fourth-order valence-corrected chi connectivity index (χ4v) is 2.57. The summed E-state index contributed by atoms with van der Waals surface area (Å²) in [5, 5.41) is 0. The molecule has 0 amide bonds. The average molecular weight is 282 g/mol. The average Bonchev–Trinajstić information content (AvgIpc) is 2.89. The lowest BCUT2D eigenvalue weighted by molar-refractivity contribution is 0.342. The molecule has 4 heteroatoms. The Morgan fingerprint density at radius 1 is 1.10 bits per heavy atom. The first-order valence-electron chi connectivity index (χ1n) is 8.32. The molecule has 1 rings (SSSR count). The van der Waals surface area contributed by atoms with Crippen LogP contribution in [0.4, 0.5) is 0 Å². The Balaban J connectivity index is 2.64. The van der Waals surface area contributed by atoms with E-state index in [1.54, 1.807) is 0 Å². The zero-order chi connectivity index (χ0) is 15.0. The highest BCUT2D eigenvalue weighted by atomic mass is 15.4. The highest BCUT2D eigenvalue weighted by Gasteiger charge is 2.18. The summed E-state index contributed by atoms with van der Waals surface area (Å²) in [5.74, 6) is 8.06. The lowest BCUT2D eigenvalue weighted by Gasteiger charge is -2.28. The van der Waals surface area contributed by atoms with Gasteiger partial charge in [0.1, 0.15) is 0 Å². The number of nitrogens with one attached hydrogen (secondary N) is 1. The molecule has 0 aromatic heterocycles. The van der Waals surface area contributed by atoms with Crippen molar-refractivity contribution >= 4 is 5.96 Å². The number of aliphatic imine (C=N–C) groups is 1. The van der Waals surface area contributed by atoms with Gasteiger partial charge in [-0.1, -0.05) is 40.5 Å². The van der Waals surface area contributed by atoms with Gasteiger partial charge in [-0.25, -0.2) is 10.8 Å². The van der Waals surface area contributed by atoms with Crippen LogP contribution in [0.15, 0.2) is 4.99 Å². The SMILES string of the molecule is CC(C)CCN(CCC(C)C)C(=NC1CCCC1)NN. The van der Waals surface area contributed by atoms with Crippen LogP contribution in [0.5, 0.6) is 0 Å². The van der Waals surface area contributed by atoms with E-state index in [4.69, 9.17) is 10.8 Å². The molecule has 0 saturated heterocycles. The summed E-state index contributed by atoms with van der Waals surface area (Å²) in [7, 11) is 0. The molecule has 0 bridgehead atoms. The number of rotatable bonds is 7. The number of nitrogens with two attached hydrogens (primary N) is 1. The van der Waals surface area contributed by atoms with Gasteiger partial charge in [0.2, 0.25) is 5.96 Å². The van der Waals surface area contributed by atoms with Gasteiger partial charge in [0, 0.05) is 13.1 Å². The van der Waals surface area contributed by atoms with Crippen LogP contribution in [0.3, 0.4) is 0 Å². The molecule has 0 spiro atoms. The van der Waals surface area contributed by atoms with Gasteiger partial charge < -0.3 is 4.90 Å². The number of hydrogen-bond acceptors (Lipinski definition) is 2. The van der Waals surface area contributed by atoms with Crippen LogP contribution in [0, 0.1) is 11.8 Å². The third-order valence-corrected chi connectivity index (χ3v) is 4.01. The second kappa shape index (κ2) is 9.22. The van der Waals surface area contributed by atoms with E-state index in [-0.39, 0.29) is 0 Å². The van der Waals surface area contributed by atoms with Gasteiger partial charge in [-0.15, -0.1) is 0 Å².